The van der Waals surface area contributed by atoms with Gasteiger partial charge in [0.2, 0.25) is 0 Å². The molecule has 1 saturated heterocycles. The maximum absolute atomic E-state index is 11.6. The number of rotatable bonds is 3. The van der Waals surface area contributed by atoms with Crippen molar-refractivity contribution < 1.29 is 9.53 Å². The monoisotopic (exact) mass is 309 g/mol. The molecule has 2 amide bonds. The van der Waals surface area contributed by atoms with E-state index < -0.39 is 0 Å². The van der Waals surface area contributed by atoms with Crippen LogP contribution in [0.25, 0.3) is 0 Å². The van der Waals surface area contributed by atoms with E-state index in [1.54, 1.807) is 7.11 Å². The van der Waals surface area contributed by atoms with Gasteiger partial charge in [0.25, 0.3) is 0 Å². The van der Waals surface area contributed by atoms with Gasteiger partial charge in [-0.15, -0.1) is 0 Å². The maximum atomic E-state index is 11.6. The number of nitriles is 1. The number of carbonyl (C=O) groups is 1. The van der Waals surface area contributed by atoms with E-state index in [2.05, 4.69) is 21.2 Å². The second kappa shape index (κ2) is 5.27. The van der Waals surface area contributed by atoms with E-state index in [0.29, 0.717) is 6.54 Å². The zero-order valence-electron chi connectivity index (χ0n) is 9.81. The highest BCUT2D eigenvalue weighted by molar-refractivity contribution is 9.10. The lowest BCUT2D eigenvalue weighted by atomic mass is 10.1. The number of hydrogen-bond acceptors (Lipinski definition) is 3. The van der Waals surface area contributed by atoms with Crippen LogP contribution in [0, 0.1) is 11.3 Å². The minimum absolute atomic E-state index is 0.0959. The summed E-state index contributed by atoms with van der Waals surface area (Å²) in [4.78, 5) is 13.1. The number of hydrogen-bond donors (Lipinski definition) is 1. The molecule has 1 atom stereocenters. The topological polar surface area (TPSA) is 65.4 Å². The van der Waals surface area contributed by atoms with Crippen molar-refractivity contribution in [2.45, 2.75) is 6.04 Å². The summed E-state index contributed by atoms with van der Waals surface area (Å²) < 4.78 is 6.21. The number of methoxy groups -OCH3 is 1. The Morgan fingerprint density at radius 3 is 3.11 bits per heavy atom. The van der Waals surface area contributed by atoms with Crippen LogP contribution in [0.5, 0.6) is 5.75 Å². The molecule has 1 N–H and O–H groups in total. The summed E-state index contributed by atoms with van der Waals surface area (Å²) in [7, 11) is 1.59. The fourth-order valence-electron chi connectivity index (χ4n) is 1.96. The summed E-state index contributed by atoms with van der Waals surface area (Å²) in [5, 5.41) is 11.5. The van der Waals surface area contributed by atoms with E-state index in [4.69, 9.17) is 10.00 Å². The van der Waals surface area contributed by atoms with E-state index in [1.165, 1.54) is 4.90 Å². The van der Waals surface area contributed by atoms with E-state index >= 15 is 0 Å². The normalized spacial score (nSPS) is 18.4. The molecule has 18 heavy (non-hydrogen) atoms. The number of carbonyl (C=O) groups excluding carboxylic acids is 1. The van der Waals surface area contributed by atoms with Crippen LogP contribution in [-0.2, 0) is 0 Å². The number of benzene rings is 1. The largest absolute Gasteiger partial charge is 0.496 e. The fourth-order valence-corrected chi connectivity index (χ4v) is 2.34. The molecular formula is C12H12BrN3O2. The lowest BCUT2D eigenvalue weighted by Gasteiger charge is -2.14. The van der Waals surface area contributed by atoms with E-state index in [0.717, 1.165) is 15.8 Å². The molecule has 1 aliphatic heterocycles. The standard InChI is InChI=1S/C12H12BrN3O2/c1-18-11-3-2-8(13)6-9(11)10-7-16(5-4-14)12(17)15-10/h2-3,6,10H,5,7H2,1H3,(H,15,17). The second-order valence-corrected chi connectivity index (χ2v) is 4.84. The molecule has 1 aromatic rings. The average molecular weight is 310 g/mol. The number of ether oxygens (including phenoxy) is 1. The Hall–Kier alpha value is -1.74. The number of halogens is 1. The number of urea groups is 1. The third kappa shape index (κ3) is 2.41. The highest BCUT2D eigenvalue weighted by Crippen LogP contribution is 2.31. The van der Waals surface area contributed by atoms with Gasteiger partial charge in [-0.3, -0.25) is 0 Å². The molecular weight excluding hydrogens is 298 g/mol. The van der Waals surface area contributed by atoms with Crippen LogP contribution in [0.4, 0.5) is 4.79 Å². The Balaban J connectivity index is 2.26. The van der Waals surface area contributed by atoms with Gasteiger partial charge < -0.3 is 15.0 Å². The molecule has 0 aliphatic carbocycles. The van der Waals surface area contributed by atoms with E-state index in [-0.39, 0.29) is 18.6 Å². The summed E-state index contributed by atoms with van der Waals surface area (Å²) in [6, 6.07) is 7.25. The van der Waals surface area contributed by atoms with Crippen molar-refractivity contribution in [1.29, 1.82) is 5.26 Å². The Bertz CT molecular complexity index is 513. The minimum Gasteiger partial charge on any atom is -0.496 e. The first-order valence-electron chi connectivity index (χ1n) is 5.41. The predicted octanol–water partition coefficient (Wildman–Crippen LogP) is 2.05. The van der Waals surface area contributed by atoms with Gasteiger partial charge in [0.05, 0.1) is 19.2 Å². The molecule has 0 bridgehead atoms. The molecule has 2 rings (SSSR count). The van der Waals surface area contributed by atoms with Crippen LogP contribution in [0.15, 0.2) is 22.7 Å². The van der Waals surface area contributed by atoms with E-state index in [1.807, 2.05) is 24.3 Å². The van der Waals surface area contributed by atoms with Gasteiger partial charge in [-0.1, -0.05) is 15.9 Å². The summed E-state index contributed by atoms with van der Waals surface area (Å²) in [6.07, 6.45) is 0. The molecule has 1 aliphatic rings. The smallest absolute Gasteiger partial charge is 0.318 e. The third-order valence-electron chi connectivity index (χ3n) is 2.82. The molecule has 0 saturated carbocycles. The van der Waals surface area contributed by atoms with Crippen LogP contribution >= 0.6 is 15.9 Å². The Morgan fingerprint density at radius 2 is 2.44 bits per heavy atom. The SMILES string of the molecule is COc1ccc(Br)cc1C1CN(CC#N)C(=O)N1. The molecule has 0 aromatic heterocycles. The molecule has 1 heterocycles. The van der Waals surface area contributed by atoms with Crippen LogP contribution in [0.1, 0.15) is 11.6 Å². The van der Waals surface area contributed by atoms with Gasteiger partial charge >= 0.3 is 6.03 Å². The first-order valence-corrected chi connectivity index (χ1v) is 6.21. The predicted molar refractivity (Wildman–Crippen MR) is 69.2 cm³/mol. The molecule has 1 fully saturated rings. The molecule has 1 aromatic carbocycles. The fraction of sp³-hybridized carbons (Fsp3) is 0.333. The number of amides is 2. The van der Waals surface area contributed by atoms with Crippen molar-refractivity contribution in [2.24, 2.45) is 0 Å². The Morgan fingerprint density at radius 1 is 1.67 bits per heavy atom. The lowest BCUT2D eigenvalue weighted by molar-refractivity contribution is 0.222. The van der Waals surface area contributed by atoms with Gasteiger partial charge in [0.1, 0.15) is 12.3 Å². The first kappa shape index (κ1) is 12.7. The molecule has 6 heteroatoms. The molecule has 0 spiro atoms. The zero-order chi connectivity index (χ0) is 13.1. The van der Waals surface area contributed by atoms with Crippen molar-refractivity contribution in [3.05, 3.63) is 28.2 Å². The van der Waals surface area contributed by atoms with Gasteiger partial charge in [0, 0.05) is 16.6 Å². The van der Waals surface area contributed by atoms with Crippen molar-refractivity contribution in [3.8, 4) is 11.8 Å². The van der Waals surface area contributed by atoms with Gasteiger partial charge in [-0.05, 0) is 18.2 Å². The van der Waals surface area contributed by atoms with Crippen molar-refractivity contribution in [3.63, 3.8) is 0 Å². The van der Waals surface area contributed by atoms with Gasteiger partial charge in [-0.2, -0.15) is 5.26 Å². The number of nitrogens with one attached hydrogen (secondary N) is 1. The van der Waals surface area contributed by atoms with Crippen LogP contribution in [0.2, 0.25) is 0 Å². The Kier molecular flexibility index (Phi) is 3.72. The maximum Gasteiger partial charge on any atom is 0.318 e. The average Bonchev–Trinajstić information content (AvgIpc) is 2.71. The summed E-state index contributed by atoms with van der Waals surface area (Å²) in [5.41, 5.74) is 0.903. The number of nitrogens with zero attached hydrogens (tertiary/aromatic N) is 2. The molecule has 5 nitrogen and oxygen atoms in total. The van der Waals surface area contributed by atoms with Crippen molar-refractivity contribution >= 4 is 22.0 Å². The summed E-state index contributed by atoms with van der Waals surface area (Å²) >= 11 is 3.40. The minimum atomic E-state index is -0.219. The van der Waals surface area contributed by atoms with Crippen LogP contribution < -0.4 is 10.1 Å². The van der Waals surface area contributed by atoms with Gasteiger partial charge in [0.15, 0.2) is 0 Å². The molecule has 1 unspecified atom stereocenters. The van der Waals surface area contributed by atoms with Gasteiger partial charge in [-0.25, -0.2) is 4.79 Å². The summed E-state index contributed by atoms with van der Waals surface area (Å²) in [5.74, 6) is 0.724. The first-order chi connectivity index (χ1) is 8.65. The highest BCUT2D eigenvalue weighted by Gasteiger charge is 2.31. The quantitative estimate of drug-likeness (QED) is 0.869. The second-order valence-electron chi connectivity index (χ2n) is 3.93. The zero-order valence-corrected chi connectivity index (χ0v) is 11.4. The van der Waals surface area contributed by atoms with Crippen molar-refractivity contribution in [2.75, 3.05) is 20.2 Å². The Labute approximate surface area is 113 Å². The highest BCUT2D eigenvalue weighted by atomic mass is 79.9. The third-order valence-corrected chi connectivity index (χ3v) is 3.31. The van der Waals surface area contributed by atoms with Crippen LogP contribution in [0.3, 0.4) is 0 Å². The van der Waals surface area contributed by atoms with Crippen LogP contribution in [-0.4, -0.2) is 31.1 Å². The van der Waals surface area contributed by atoms with Crippen molar-refractivity contribution in [1.82, 2.24) is 10.2 Å². The van der Waals surface area contributed by atoms with E-state index in [9.17, 15) is 4.79 Å². The lowest BCUT2D eigenvalue weighted by Crippen LogP contribution is -2.28. The summed E-state index contributed by atoms with van der Waals surface area (Å²) in [6.45, 7) is 0.567. The molecule has 0 radical (unpaired) electrons. The molecule has 94 valence electrons.